The van der Waals surface area contributed by atoms with Crippen molar-refractivity contribution in [2.75, 3.05) is 33.4 Å². The summed E-state index contributed by atoms with van der Waals surface area (Å²) in [5.74, 6) is 0.0872. The van der Waals surface area contributed by atoms with Crippen LogP contribution in [0.2, 0.25) is 0 Å². The number of ether oxygens (including phenoxy) is 1. The molecule has 1 rings (SSSR count). The molecule has 0 spiro atoms. The maximum absolute atomic E-state index is 11.5. The van der Waals surface area contributed by atoms with Gasteiger partial charge >= 0.3 is 0 Å². The molecule has 0 bridgehead atoms. The number of amides is 1. The van der Waals surface area contributed by atoms with Crippen LogP contribution in [-0.2, 0) is 9.53 Å². The van der Waals surface area contributed by atoms with Gasteiger partial charge in [0.25, 0.3) is 0 Å². The van der Waals surface area contributed by atoms with Gasteiger partial charge < -0.3 is 15.4 Å². The number of methoxy groups -OCH3 is 1. The molecule has 17 heavy (non-hydrogen) atoms. The van der Waals surface area contributed by atoms with Crippen molar-refractivity contribution in [3.8, 4) is 0 Å². The summed E-state index contributed by atoms with van der Waals surface area (Å²) in [4.78, 5) is 11.5. The van der Waals surface area contributed by atoms with Gasteiger partial charge in [0, 0.05) is 20.2 Å². The second kappa shape index (κ2) is 8.72. The summed E-state index contributed by atoms with van der Waals surface area (Å²) in [5.41, 5.74) is 0.336. The summed E-state index contributed by atoms with van der Waals surface area (Å²) in [7, 11) is 1.66. The van der Waals surface area contributed by atoms with E-state index in [1.54, 1.807) is 7.11 Å². The third-order valence-corrected chi connectivity index (χ3v) is 3.29. The van der Waals surface area contributed by atoms with E-state index in [0.717, 1.165) is 13.1 Å². The van der Waals surface area contributed by atoms with E-state index in [-0.39, 0.29) is 18.3 Å². The second-order valence-electron chi connectivity index (χ2n) is 4.96. The fourth-order valence-electron chi connectivity index (χ4n) is 2.16. The number of hydrogen-bond acceptors (Lipinski definition) is 3. The molecule has 0 radical (unpaired) electrons. The molecule has 0 saturated heterocycles. The molecule has 1 saturated carbocycles. The lowest BCUT2D eigenvalue weighted by Gasteiger charge is -2.23. The normalized spacial score (nSPS) is 17.5. The topological polar surface area (TPSA) is 50.4 Å². The molecule has 2 N–H and O–H groups in total. The van der Waals surface area contributed by atoms with E-state index < -0.39 is 0 Å². The Bertz CT molecular complexity index is 219. The van der Waals surface area contributed by atoms with Gasteiger partial charge in [0.15, 0.2) is 0 Å². The van der Waals surface area contributed by atoms with Crippen molar-refractivity contribution >= 4 is 18.3 Å². The molecule has 1 aliphatic rings. The molecule has 0 aromatic heterocycles. The van der Waals surface area contributed by atoms with Crippen molar-refractivity contribution in [2.45, 2.75) is 32.6 Å². The van der Waals surface area contributed by atoms with E-state index in [9.17, 15) is 4.79 Å². The lowest BCUT2D eigenvalue weighted by Crippen LogP contribution is -2.39. The zero-order valence-corrected chi connectivity index (χ0v) is 11.7. The molecule has 0 heterocycles. The monoisotopic (exact) mass is 264 g/mol. The van der Waals surface area contributed by atoms with Gasteiger partial charge in [0.05, 0.1) is 13.2 Å². The average Bonchev–Trinajstić information content (AvgIpc) is 2.70. The Morgan fingerprint density at radius 2 is 2.00 bits per heavy atom. The number of carbonyl (C=O) groups is 1. The van der Waals surface area contributed by atoms with Crippen molar-refractivity contribution in [3.05, 3.63) is 0 Å². The van der Waals surface area contributed by atoms with Gasteiger partial charge in [0.1, 0.15) is 0 Å². The molecule has 0 atom stereocenters. The predicted molar refractivity (Wildman–Crippen MR) is 71.6 cm³/mol. The van der Waals surface area contributed by atoms with E-state index in [1.165, 1.54) is 25.7 Å². The minimum absolute atomic E-state index is 0. The summed E-state index contributed by atoms with van der Waals surface area (Å²) in [6.45, 7) is 4.84. The van der Waals surface area contributed by atoms with E-state index in [4.69, 9.17) is 4.74 Å². The number of hydrogen-bond donors (Lipinski definition) is 2. The van der Waals surface area contributed by atoms with Gasteiger partial charge in [-0.1, -0.05) is 19.8 Å². The van der Waals surface area contributed by atoms with Crippen molar-refractivity contribution in [2.24, 2.45) is 5.41 Å². The van der Waals surface area contributed by atoms with Crippen LogP contribution in [0, 0.1) is 5.41 Å². The van der Waals surface area contributed by atoms with Crippen LogP contribution in [0.3, 0.4) is 0 Å². The fraction of sp³-hybridized carbons (Fsp3) is 0.917. The van der Waals surface area contributed by atoms with Crippen LogP contribution in [0.5, 0.6) is 0 Å². The van der Waals surface area contributed by atoms with Gasteiger partial charge in [-0.15, -0.1) is 12.4 Å². The number of carbonyl (C=O) groups excluding carboxylic acids is 1. The first-order chi connectivity index (χ1) is 7.66. The first-order valence-electron chi connectivity index (χ1n) is 6.13. The molecule has 1 amide bonds. The molecular formula is C12H25ClN2O2. The lowest BCUT2D eigenvalue weighted by atomic mass is 9.89. The Balaban J connectivity index is 0.00000256. The minimum Gasteiger partial charge on any atom is -0.383 e. The highest BCUT2D eigenvalue weighted by Gasteiger charge is 2.28. The maximum Gasteiger partial charge on any atom is 0.233 e. The van der Waals surface area contributed by atoms with Crippen LogP contribution in [0.1, 0.15) is 32.6 Å². The molecule has 1 aliphatic carbocycles. The van der Waals surface area contributed by atoms with E-state index in [1.807, 2.05) is 0 Å². The third-order valence-electron chi connectivity index (χ3n) is 3.29. The van der Waals surface area contributed by atoms with Gasteiger partial charge in [-0.05, 0) is 18.3 Å². The minimum atomic E-state index is 0. The third kappa shape index (κ3) is 6.86. The molecule has 0 aliphatic heterocycles. The Labute approximate surface area is 110 Å². The molecule has 0 aromatic carbocycles. The number of nitrogens with one attached hydrogen (secondary N) is 2. The van der Waals surface area contributed by atoms with Gasteiger partial charge in [-0.2, -0.15) is 0 Å². The molecule has 0 unspecified atom stereocenters. The van der Waals surface area contributed by atoms with Gasteiger partial charge in [-0.25, -0.2) is 0 Å². The highest BCUT2D eigenvalue weighted by atomic mass is 35.5. The highest BCUT2D eigenvalue weighted by Crippen LogP contribution is 2.36. The van der Waals surface area contributed by atoms with Crippen molar-refractivity contribution in [1.29, 1.82) is 0 Å². The van der Waals surface area contributed by atoms with Crippen molar-refractivity contribution in [3.63, 3.8) is 0 Å². The summed E-state index contributed by atoms with van der Waals surface area (Å²) < 4.78 is 4.89. The van der Waals surface area contributed by atoms with Crippen LogP contribution in [0.4, 0.5) is 0 Å². The van der Waals surface area contributed by atoms with Crippen LogP contribution in [-0.4, -0.2) is 39.3 Å². The molecule has 5 heteroatoms. The standard InChI is InChI=1S/C12H24N2O2.ClH/c1-12(5-3-4-6-12)10-14-11(15)9-13-7-8-16-2;/h13H,3-10H2,1-2H3,(H,14,15);1H. The maximum atomic E-state index is 11.5. The Hall–Kier alpha value is -0.320. The van der Waals surface area contributed by atoms with E-state index in [2.05, 4.69) is 17.6 Å². The summed E-state index contributed by atoms with van der Waals surface area (Å²) in [6.07, 6.45) is 5.09. The summed E-state index contributed by atoms with van der Waals surface area (Å²) in [6, 6.07) is 0. The second-order valence-corrected chi connectivity index (χ2v) is 4.96. The van der Waals surface area contributed by atoms with Crippen LogP contribution in [0.25, 0.3) is 0 Å². The summed E-state index contributed by atoms with van der Waals surface area (Å²) in [5, 5.41) is 6.04. The molecule has 4 nitrogen and oxygen atoms in total. The van der Waals surface area contributed by atoms with E-state index >= 15 is 0 Å². The zero-order valence-electron chi connectivity index (χ0n) is 10.9. The Morgan fingerprint density at radius 3 is 2.59 bits per heavy atom. The molecule has 0 aromatic rings. The Kier molecular flexibility index (Phi) is 8.56. The highest BCUT2D eigenvalue weighted by molar-refractivity contribution is 5.85. The van der Waals surface area contributed by atoms with E-state index in [0.29, 0.717) is 18.6 Å². The summed E-state index contributed by atoms with van der Waals surface area (Å²) >= 11 is 0. The molecular weight excluding hydrogens is 240 g/mol. The predicted octanol–water partition coefficient (Wildman–Crippen LogP) is 1.34. The number of rotatable bonds is 7. The molecule has 1 fully saturated rings. The van der Waals surface area contributed by atoms with Crippen molar-refractivity contribution < 1.29 is 9.53 Å². The van der Waals surface area contributed by atoms with Gasteiger partial charge in [-0.3, -0.25) is 4.79 Å². The smallest absolute Gasteiger partial charge is 0.233 e. The molecule has 102 valence electrons. The lowest BCUT2D eigenvalue weighted by molar-refractivity contribution is -0.120. The van der Waals surface area contributed by atoms with Crippen LogP contribution < -0.4 is 10.6 Å². The fourth-order valence-corrected chi connectivity index (χ4v) is 2.16. The average molecular weight is 265 g/mol. The quantitative estimate of drug-likeness (QED) is 0.683. The largest absolute Gasteiger partial charge is 0.383 e. The zero-order chi connectivity index (χ0) is 11.9. The van der Waals surface area contributed by atoms with Crippen LogP contribution >= 0.6 is 12.4 Å². The Morgan fingerprint density at radius 1 is 1.35 bits per heavy atom. The van der Waals surface area contributed by atoms with Crippen molar-refractivity contribution in [1.82, 2.24) is 10.6 Å². The van der Waals surface area contributed by atoms with Gasteiger partial charge in [0.2, 0.25) is 5.91 Å². The first kappa shape index (κ1) is 16.7. The first-order valence-corrected chi connectivity index (χ1v) is 6.13. The number of halogens is 1. The SMILES string of the molecule is COCCNCC(=O)NCC1(C)CCCC1.Cl. The van der Waals surface area contributed by atoms with Crippen LogP contribution in [0.15, 0.2) is 0 Å².